The molecule has 1 aromatic carbocycles. The van der Waals surface area contributed by atoms with Gasteiger partial charge in [-0.05, 0) is 49.6 Å². The number of benzene rings is 1. The van der Waals surface area contributed by atoms with E-state index in [0.29, 0.717) is 21.6 Å². The molecule has 6 heteroatoms. The highest BCUT2D eigenvalue weighted by Gasteiger charge is 2.50. The number of allylic oxidation sites excluding steroid dienone is 3. The molecule has 0 aliphatic carbocycles. The summed E-state index contributed by atoms with van der Waals surface area (Å²) in [6.45, 7) is 7.88. The summed E-state index contributed by atoms with van der Waals surface area (Å²) in [6.07, 6.45) is 4.46. The van der Waals surface area contributed by atoms with Crippen molar-refractivity contribution in [3.05, 3.63) is 51.3 Å². The minimum atomic E-state index is -1.27. The second-order valence-corrected chi connectivity index (χ2v) is 7.45. The molecule has 2 rings (SSSR count). The number of methoxy groups -OCH3 is 1. The first-order chi connectivity index (χ1) is 12.3. The Bertz CT molecular complexity index is 690. The van der Waals surface area contributed by atoms with Crippen molar-refractivity contribution < 1.29 is 14.6 Å². The van der Waals surface area contributed by atoms with Crippen LogP contribution in [0, 0.1) is 12.8 Å². The molecule has 4 nitrogen and oxygen atoms in total. The topological polar surface area (TPSA) is 50.7 Å². The summed E-state index contributed by atoms with van der Waals surface area (Å²) in [4.78, 5) is 0. The lowest BCUT2D eigenvalue weighted by atomic mass is 9.86. The molecule has 1 heterocycles. The Balaban J connectivity index is 2.59. The molecule has 144 valence electrons. The van der Waals surface area contributed by atoms with E-state index in [0.717, 1.165) is 24.1 Å². The fourth-order valence-corrected chi connectivity index (χ4v) is 3.98. The van der Waals surface area contributed by atoms with E-state index < -0.39 is 11.8 Å². The van der Waals surface area contributed by atoms with E-state index in [9.17, 15) is 5.11 Å². The van der Waals surface area contributed by atoms with E-state index in [-0.39, 0.29) is 5.92 Å². The van der Waals surface area contributed by atoms with Gasteiger partial charge in [0, 0.05) is 10.7 Å². The van der Waals surface area contributed by atoms with E-state index >= 15 is 0 Å². The molecule has 0 fully saturated rings. The van der Waals surface area contributed by atoms with Gasteiger partial charge in [0.2, 0.25) is 0 Å². The molecule has 1 aliphatic heterocycles. The van der Waals surface area contributed by atoms with Gasteiger partial charge in [-0.25, -0.2) is 0 Å². The highest BCUT2D eigenvalue weighted by Crippen LogP contribution is 2.40. The first-order valence-electron chi connectivity index (χ1n) is 8.82. The fraction of sp³-hybridized carbons (Fsp3) is 0.500. The van der Waals surface area contributed by atoms with Gasteiger partial charge < -0.3 is 19.9 Å². The first kappa shape index (κ1) is 20.9. The average molecular weight is 400 g/mol. The Hall–Kier alpha value is -1.36. The normalized spacial score (nSPS) is 21.0. The molecule has 0 saturated carbocycles. The Morgan fingerprint density at radius 1 is 1.15 bits per heavy atom. The Morgan fingerprint density at radius 2 is 1.81 bits per heavy atom. The van der Waals surface area contributed by atoms with Gasteiger partial charge in [-0.15, -0.1) is 0 Å². The zero-order valence-electron chi connectivity index (χ0n) is 15.9. The number of aryl methyl sites for hydroxylation is 1. The van der Waals surface area contributed by atoms with Gasteiger partial charge in [0.25, 0.3) is 5.72 Å². The lowest BCUT2D eigenvalue weighted by molar-refractivity contribution is -0.101. The van der Waals surface area contributed by atoms with Crippen LogP contribution < -0.4 is 10.1 Å². The number of ether oxygens (including phenoxy) is 2. The first-order valence-corrected chi connectivity index (χ1v) is 9.58. The highest BCUT2D eigenvalue weighted by atomic mass is 35.5. The Labute approximate surface area is 165 Å². The molecule has 2 atom stereocenters. The lowest BCUT2D eigenvalue weighted by Gasteiger charge is -2.44. The summed E-state index contributed by atoms with van der Waals surface area (Å²) in [6, 6.07) is 3.41. The van der Waals surface area contributed by atoms with E-state index in [1.165, 1.54) is 0 Å². The molecule has 1 aromatic rings. The second-order valence-electron chi connectivity index (χ2n) is 6.60. The van der Waals surface area contributed by atoms with Crippen molar-refractivity contribution in [2.45, 2.75) is 52.4 Å². The molecule has 26 heavy (non-hydrogen) atoms. The minimum absolute atomic E-state index is 0.0123. The van der Waals surface area contributed by atoms with Gasteiger partial charge in [0.05, 0.1) is 12.1 Å². The van der Waals surface area contributed by atoms with Crippen molar-refractivity contribution in [2.75, 3.05) is 7.11 Å². The highest BCUT2D eigenvalue weighted by molar-refractivity contribution is 6.35. The van der Waals surface area contributed by atoms with Crippen LogP contribution in [-0.4, -0.2) is 24.0 Å². The molecule has 0 spiro atoms. The van der Waals surface area contributed by atoms with Gasteiger partial charge in [-0.1, -0.05) is 49.9 Å². The summed E-state index contributed by atoms with van der Waals surface area (Å²) >= 11 is 12.5. The Kier molecular flexibility index (Phi) is 6.89. The van der Waals surface area contributed by atoms with Gasteiger partial charge in [0.1, 0.15) is 11.9 Å². The number of hydrogen-bond donors (Lipinski definition) is 2. The van der Waals surface area contributed by atoms with Crippen molar-refractivity contribution >= 4 is 23.2 Å². The molecule has 0 saturated heterocycles. The van der Waals surface area contributed by atoms with Crippen LogP contribution in [0.3, 0.4) is 0 Å². The molecule has 2 unspecified atom stereocenters. The smallest absolute Gasteiger partial charge is 0.264 e. The standard InChI is InChI=1S/C20H27Cl2NO3/c1-6-14(7-2)19(24)20(17(25-5)9-8-13(4)23-20)26-18-12(3)10-15(21)11-16(18)22/h8-11,14,19,23-24H,6-7H2,1-5H3. The van der Waals surface area contributed by atoms with Gasteiger partial charge in [-0.2, -0.15) is 0 Å². The number of aliphatic hydroxyl groups is 1. The van der Waals surface area contributed by atoms with Crippen LogP contribution in [0.1, 0.15) is 39.2 Å². The molecular weight excluding hydrogens is 373 g/mol. The summed E-state index contributed by atoms with van der Waals surface area (Å²) in [7, 11) is 1.57. The molecule has 1 aliphatic rings. The number of nitrogens with one attached hydrogen (secondary N) is 1. The van der Waals surface area contributed by atoms with E-state index in [1.807, 2.05) is 39.8 Å². The van der Waals surface area contributed by atoms with E-state index in [4.69, 9.17) is 32.7 Å². The SMILES string of the molecule is CCC(CC)C(O)C1(Oc2c(C)cc(Cl)cc2Cl)NC(C)=CC=C1OC. The predicted molar refractivity (Wildman–Crippen MR) is 107 cm³/mol. The van der Waals surface area contributed by atoms with E-state index in [2.05, 4.69) is 5.32 Å². The molecule has 0 radical (unpaired) electrons. The molecule has 0 bridgehead atoms. The third-order valence-corrected chi connectivity index (χ3v) is 5.32. The zero-order valence-corrected chi connectivity index (χ0v) is 17.4. The third kappa shape index (κ3) is 3.98. The molecule has 0 aromatic heterocycles. The molecular formula is C20H27Cl2NO3. The van der Waals surface area contributed by atoms with Crippen molar-refractivity contribution in [3.63, 3.8) is 0 Å². The van der Waals surface area contributed by atoms with Crippen LogP contribution in [0.4, 0.5) is 0 Å². The number of dihydropyridines is 1. The van der Waals surface area contributed by atoms with Crippen LogP contribution in [0.2, 0.25) is 10.0 Å². The summed E-state index contributed by atoms with van der Waals surface area (Å²) in [5, 5.41) is 15.5. The maximum atomic E-state index is 11.3. The van der Waals surface area contributed by atoms with Gasteiger partial charge >= 0.3 is 0 Å². The quantitative estimate of drug-likeness (QED) is 0.660. The second kappa shape index (κ2) is 8.55. The minimum Gasteiger partial charge on any atom is -0.495 e. The fourth-order valence-electron chi connectivity index (χ4n) is 3.34. The Morgan fingerprint density at radius 3 is 2.35 bits per heavy atom. The van der Waals surface area contributed by atoms with Crippen molar-refractivity contribution in [3.8, 4) is 5.75 Å². The van der Waals surface area contributed by atoms with Crippen LogP contribution >= 0.6 is 23.2 Å². The monoisotopic (exact) mass is 399 g/mol. The zero-order chi connectivity index (χ0) is 19.5. The predicted octanol–water partition coefficient (Wildman–Crippen LogP) is 5.21. The maximum absolute atomic E-state index is 11.3. The molecule has 0 amide bonds. The van der Waals surface area contributed by atoms with Crippen LogP contribution in [0.15, 0.2) is 35.7 Å². The lowest BCUT2D eigenvalue weighted by Crippen LogP contribution is -2.63. The van der Waals surface area contributed by atoms with Gasteiger partial charge in [-0.3, -0.25) is 0 Å². The molecule has 2 N–H and O–H groups in total. The van der Waals surface area contributed by atoms with Crippen molar-refractivity contribution in [2.24, 2.45) is 5.92 Å². The largest absolute Gasteiger partial charge is 0.495 e. The summed E-state index contributed by atoms with van der Waals surface area (Å²) < 4.78 is 12.0. The van der Waals surface area contributed by atoms with Gasteiger partial charge in [0.15, 0.2) is 5.76 Å². The summed E-state index contributed by atoms with van der Waals surface area (Å²) in [5.74, 6) is 0.970. The number of hydrogen-bond acceptors (Lipinski definition) is 4. The van der Waals surface area contributed by atoms with Crippen LogP contribution in [0.25, 0.3) is 0 Å². The number of halogens is 2. The number of rotatable bonds is 7. The van der Waals surface area contributed by atoms with Crippen molar-refractivity contribution in [1.29, 1.82) is 0 Å². The average Bonchev–Trinajstić information content (AvgIpc) is 2.59. The third-order valence-electron chi connectivity index (χ3n) is 4.82. The van der Waals surface area contributed by atoms with E-state index in [1.54, 1.807) is 19.2 Å². The van der Waals surface area contributed by atoms with Crippen LogP contribution in [0.5, 0.6) is 5.75 Å². The summed E-state index contributed by atoms with van der Waals surface area (Å²) in [5.41, 5.74) is 0.369. The maximum Gasteiger partial charge on any atom is 0.264 e. The number of aliphatic hydroxyl groups excluding tert-OH is 1. The van der Waals surface area contributed by atoms with Crippen molar-refractivity contribution in [1.82, 2.24) is 5.32 Å². The van der Waals surface area contributed by atoms with Crippen LogP contribution in [-0.2, 0) is 4.74 Å².